The van der Waals surface area contributed by atoms with Crippen molar-refractivity contribution in [1.82, 2.24) is 14.9 Å². The van der Waals surface area contributed by atoms with Crippen LogP contribution in [0.2, 0.25) is 0 Å². The second kappa shape index (κ2) is 7.20. The van der Waals surface area contributed by atoms with Gasteiger partial charge in [-0.1, -0.05) is 12.1 Å². The lowest BCUT2D eigenvalue weighted by Crippen LogP contribution is -2.36. The maximum atomic E-state index is 12.9. The Morgan fingerprint density at radius 2 is 1.86 bits per heavy atom. The summed E-state index contributed by atoms with van der Waals surface area (Å²) in [5.74, 6) is 0.927. The van der Waals surface area contributed by atoms with Crippen molar-refractivity contribution in [3.05, 3.63) is 77.4 Å². The molecule has 8 heteroatoms. The molecule has 0 radical (unpaired) electrons. The average Bonchev–Trinajstić information content (AvgIpc) is 2.68. The average molecular weight is 399 g/mol. The largest absolute Gasteiger partial charge is 0.416 e. The molecule has 1 aromatic heterocycles. The van der Waals surface area contributed by atoms with Gasteiger partial charge in [0.1, 0.15) is 11.6 Å². The van der Waals surface area contributed by atoms with E-state index in [4.69, 9.17) is 4.74 Å². The van der Waals surface area contributed by atoms with Crippen molar-refractivity contribution in [2.45, 2.75) is 26.2 Å². The summed E-state index contributed by atoms with van der Waals surface area (Å²) in [4.78, 5) is 21.9. The minimum absolute atomic E-state index is 0.197. The van der Waals surface area contributed by atoms with E-state index in [9.17, 15) is 18.0 Å². The first-order chi connectivity index (χ1) is 13.8. The van der Waals surface area contributed by atoms with Gasteiger partial charge in [0.05, 0.1) is 18.7 Å². The SMILES string of the molecule is Cc1cc(C(F)(F)F)ccc1-c1ccc2c(c1)CN(Cc1ncccn1)C(=O)O2. The van der Waals surface area contributed by atoms with Crippen molar-refractivity contribution in [3.8, 4) is 16.9 Å². The lowest BCUT2D eigenvalue weighted by molar-refractivity contribution is -0.137. The van der Waals surface area contributed by atoms with Crippen molar-refractivity contribution >= 4 is 6.09 Å². The van der Waals surface area contributed by atoms with Gasteiger partial charge >= 0.3 is 12.3 Å². The van der Waals surface area contributed by atoms with E-state index in [1.165, 1.54) is 11.0 Å². The van der Waals surface area contributed by atoms with Gasteiger partial charge in [-0.15, -0.1) is 0 Å². The number of fused-ring (bicyclic) bond motifs is 1. The number of ether oxygens (including phenoxy) is 1. The van der Waals surface area contributed by atoms with E-state index in [-0.39, 0.29) is 6.54 Å². The Kier molecular flexibility index (Phi) is 4.70. The third-order valence-electron chi connectivity index (χ3n) is 4.69. The van der Waals surface area contributed by atoms with Gasteiger partial charge in [0, 0.05) is 18.0 Å². The van der Waals surface area contributed by atoms with Gasteiger partial charge in [-0.25, -0.2) is 14.8 Å². The minimum atomic E-state index is -4.38. The fourth-order valence-corrected chi connectivity index (χ4v) is 3.27. The number of carbonyl (C=O) groups is 1. The molecule has 2 aromatic carbocycles. The van der Waals surface area contributed by atoms with Gasteiger partial charge in [0.25, 0.3) is 0 Å². The smallest absolute Gasteiger partial charge is 0.410 e. The van der Waals surface area contributed by atoms with Gasteiger partial charge in [0.15, 0.2) is 0 Å². The molecule has 0 unspecified atom stereocenters. The zero-order chi connectivity index (χ0) is 20.6. The highest BCUT2D eigenvalue weighted by atomic mass is 19.4. The first-order valence-electron chi connectivity index (χ1n) is 8.85. The van der Waals surface area contributed by atoms with Crippen LogP contribution in [0.5, 0.6) is 5.75 Å². The van der Waals surface area contributed by atoms with Crippen molar-refractivity contribution < 1.29 is 22.7 Å². The Labute approximate surface area is 164 Å². The van der Waals surface area contributed by atoms with E-state index < -0.39 is 17.8 Å². The van der Waals surface area contributed by atoms with E-state index in [0.717, 1.165) is 23.3 Å². The van der Waals surface area contributed by atoms with E-state index in [1.807, 2.05) is 6.07 Å². The van der Waals surface area contributed by atoms with Gasteiger partial charge < -0.3 is 4.74 Å². The number of nitrogens with zero attached hydrogens (tertiary/aromatic N) is 3. The van der Waals surface area contributed by atoms with Crippen molar-refractivity contribution in [1.29, 1.82) is 0 Å². The Morgan fingerprint density at radius 1 is 1.10 bits per heavy atom. The third kappa shape index (κ3) is 3.91. The predicted molar refractivity (Wildman–Crippen MR) is 98.9 cm³/mol. The number of alkyl halides is 3. The Balaban J connectivity index is 1.62. The van der Waals surface area contributed by atoms with Crippen LogP contribution >= 0.6 is 0 Å². The zero-order valence-corrected chi connectivity index (χ0v) is 15.4. The molecule has 0 N–H and O–H groups in total. The second-order valence-electron chi connectivity index (χ2n) is 6.74. The number of benzene rings is 2. The highest BCUT2D eigenvalue weighted by Gasteiger charge is 2.31. The molecule has 1 aliphatic heterocycles. The number of aromatic nitrogens is 2. The van der Waals surface area contributed by atoms with E-state index >= 15 is 0 Å². The fraction of sp³-hybridized carbons (Fsp3) is 0.190. The van der Waals surface area contributed by atoms with Crippen molar-refractivity contribution in [3.63, 3.8) is 0 Å². The number of aryl methyl sites for hydroxylation is 1. The number of rotatable bonds is 3. The Hall–Kier alpha value is -3.42. The molecule has 0 spiro atoms. The summed E-state index contributed by atoms with van der Waals surface area (Å²) in [5.41, 5.74) is 2.04. The summed E-state index contributed by atoms with van der Waals surface area (Å²) in [7, 11) is 0. The summed E-state index contributed by atoms with van der Waals surface area (Å²) >= 11 is 0. The second-order valence-corrected chi connectivity index (χ2v) is 6.74. The van der Waals surface area contributed by atoms with Crippen LogP contribution in [0.25, 0.3) is 11.1 Å². The molecule has 148 valence electrons. The number of carbonyl (C=O) groups excluding carboxylic acids is 1. The molecule has 2 heterocycles. The molecule has 0 saturated heterocycles. The summed E-state index contributed by atoms with van der Waals surface area (Å²) in [5, 5.41) is 0. The predicted octanol–water partition coefficient (Wildman–Crippen LogP) is 4.99. The zero-order valence-electron chi connectivity index (χ0n) is 15.4. The van der Waals surface area contributed by atoms with Gasteiger partial charge in [-0.05, 0) is 53.9 Å². The molecule has 29 heavy (non-hydrogen) atoms. The number of hydrogen-bond acceptors (Lipinski definition) is 4. The Morgan fingerprint density at radius 3 is 2.55 bits per heavy atom. The molecule has 0 atom stereocenters. The molecule has 1 amide bonds. The topological polar surface area (TPSA) is 55.3 Å². The maximum Gasteiger partial charge on any atom is 0.416 e. The monoisotopic (exact) mass is 399 g/mol. The van der Waals surface area contributed by atoms with Gasteiger partial charge in [0.2, 0.25) is 0 Å². The van der Waals surface area contributed by atoms with E-state index in [0.29, 0.717) is 29.2 Å². The van der Waals surface area contributed by atoms with Crippen LogP contribution in [0.15, 0.2) is 54.9 Å². The lowest BCUT2D eigenvalue weighted by Gasteiger charge is -2.27. The number of hydrogen-bond donors (Lipinski definition) is 0. The Bertz CT molecular complexity index is 1070. The van der Waals surface area contributed by atoms with Crippen LogP contribution in [0, 0.1) is 6.92 Å². The van der Waals surface area contributed by atoms with E-state index in [1.54, 1.807) is 37.5 Å². The summed E-state index contributed by atoms with van der Waals surface area (Å²) in [6.07, 6.45) is -1.69. The summed E-state index contributed by atoms with van der Waals surface area (Å²) < 4.78 is 44.1. The quantitative estimate of drug-likeness (QED) is 0.623. The summed E-state index contributed by atoms with van der Waals surface area (Å²) in [6.45, 7) is 2.13. The van der Waals surface area contributed by atoms with Crippen LogP contribution in [0.4, 0.5) is 18.0 Å². The molecule has 1 aliphatic rings. The highest BCUT2D eigenvalue weighted by molar-refractivity contribution is 5.76. The van der Waals surface area contributed by atoms with Crippen LogP contribution < -0.4 is 4.74 Å². The normalized spacial score (nSPS) is 13.8. The molecule has 4 rings (SSSR count). The molecule has 3 aromatic rings. The van der Waals surface area contributed by atoms with Gasteiger partial charge in [-0.3, -0.25) is 4.90 Å². The van der Waals surface area contributed by atoms with Crippen molar-refractivity contribution in [2.24, 2.45) is 0 Å². The fourth-order valence-electron chi connectivity index (χ4n) is 3.27. The molecular formula is C21H16F3N3O2. The number of amides is 1. The van der Waals surface area contributed by atoms with Crippen LogP contribution in [-0.4, -0.2) is 21.0 Å². The highest BCUT2D eigenvalue weighted by Crippen LogP contribution is 2.35. The lowest BCUT2D eigenvalue weighted by atomic mass is 9.96. The van der Waals surface area contributed by atoms with E-state index in [2.05, 4.69) is 9.97 Å². The van der Waals surface area contributed by atoms with Crippen LogP contribution in [-0.2, 0) is 19.3 Å². The van der Waals surface area contributed by atoms with Crippen LogP contribution in [0.3, 0.4) is 0 Å². The standard InChI is InChI=1S/C21H16F3N3O2/c1-13-9-16(21(22,23)24)4-5-17(13)14-3-6-18-15(10-14)11-27(20(28)29-18)12-19-25-7-2-8-26-19/h2-10H,11-12H2,1H3. The molecular weight excluding hydrogens is 383 g/mol. The number of halogens is 3. The third-order valence-corrected chi connectivity index (χ3v) is 4.69. The van der Waals surface area contributed by atoms with Crippen LogP contribution in [0.1, 0.15) is 22.5 Å². The minimum Gasteiger partial charge on any atom is -0.410 e. The molecule has 0 saturated carbocycles. The molecule has 0 bridgehead atoms. The van der Waals surface area contributed by atoms with Crippen molar-refractivity contribution in [2.75, 3.05) is 0 Å². The molecule has 5 nitrogen and oxygen atoms in total. The van der Waals surface area contributed by atoms with Gasteiger partial charge in [-0.2, -0.15) is 13.2 Å². The molecule has 0 fully saturated rings. The summed E-state index contributed by atoms with van der Waals surface area (Å²) in [6, 6.07) is 10.6. The molecule has 0 aliphatic carbocycles. The maximum absolute atomic E-state index is 12.9. The first kappa shape index (κ1) is 18.9. The first-order valence-corrected chi connectivity index (χ1v) is 8.85.